The molecule has 0 amide bonds. The first-order chi connectivity index (χ1) is 9.63. The number of aryl methyl sites for hydroxylation is 1. The van der Waals surface area contributed by atoms with Gasteiger partial charge in [-0.3, -0.25) is 0 Å². The molecular formula is C14H15N3O3. The molecule has 0 radical (unpaired) electrons. The van der Waals surface area contributed by atoms with Crippen LogP contribution < -0.4 is 15.2 Å². The van der Waals surface area contributed by atoms with Gasteiger partial charge in [-0.25, -0.2) is 4.98 Å². The highest BCUT2D eigenvalue weighted by Crippen LogP contribution is 2.31. The van der Waals surface area contributed by atoms with E-state index in [1.54, 1.807) is 19.2 Å². The molecule has 0 aliphatic carbocycles. The molecule has 0 saturated carbocycles. The van der Waals surface area contributed by atoms with Gasteiger partial charge in [0.1, 0.15) is 11.4 Å². The van der Waals surface area contributed by atoms with Gasteiger partial charge in [-0.15, -0.1) is 0 Å². The first-order valence-electron chi connectivity index (χ1n) is 5.90. The van der Waals surface area contributed by atoms with E-state index in [4.69, 9.17) is 20.4 Å². The number of nitrogens with two attached hydrogens (primary N) is 1. The summed E-state index contributed by atoms with van der Waals surface area (Å²) < 4.78 is 11.0. The summed E-state index contributed by atoms with van der Waals surface area (Å²) in [6, 6.07) is 8.92. The molecule has 1 aromatic carbocycles. The minimum Gasteiger partial charge on any atom is -0.493 e. The van der Waals surface area contributed by atoms with E-state index in [9.17, 15) is 0 Å². The highest BCUT2D eigenvalue weighted by atomic mass is 16.5. The van der Waals surface area contributed by atoms with Crippen molar-refractivity contribution < 1.29 is 14.7 Å². The minimum absolute atomic E-state index is 0.0514. The summed E-state index contributed by atoms with van der Waals surface area (Å²) in [5.41, 5.74) is 6.89. The van der Waals surface area contributed by atoms with Crippen LogP contribution in [-0.4, -0.2) is 23.1 Å². The first kappa shape index (κ1) is 13.7. The van der Waals surface area contributed by atoms with Crippen molar-refractivity contribution in [2.45, 2.75) is 6.92 Å². The van der Waals surface area contributed by atoms with Crippen LogP contribution in [0.1, 0.15) is 11.3 Å². The zero-order valence-electron chi connectivity index (χ0n) is 11.2. The van der Waals surface area contributed by atoms with Gasteiger partial charge in [0.05, 0.1) is 13.3 Å². The smallest absolute Gasteiger partial charge is 0.188 e. The number of rotatable bonds is 4. The zero-order chi connectivity index (χ0) is 14.5. The van der Waals surface area contributed by atoms with Gasteiger partial charge in [0, 0.05) is 0 Å². The van der Waals surface area contributed by atoms with Crippen LogP contribution in [-0.2, 0) is 0 Å². The Balaban J connectivity index is 2.22. The van der Waals surface area contributed by atoms with Crippen molar-refractivity contribution in [1.29, 1.82) is 0 Å². The van der Waals surface area contributed by atoms with Crippen LogP contribution in [0.25, 0.3) is 0 Å². The fraction of sp³-hybridized carbons (Fsp3) is 0.143. The lowest BCUT2D eigenvalue weighted by Gasteiger charge is -2.10. The molecule has 0 aliphatic heterocycles. The van der Waals surface area contributed by atoms with E-state index in [-0.39, 0.29) is 5.84 Å². The van der Waals surface area contributed by atoms with E-state index < -0.39 is 0 Å². The number of amidine groups is 1. The second kappa shape index (κ2) is 5.92. The van der Waals surface area contributed by atoms with Crippen molar-refractivity contribution in [2.75, 3.05) is 7.11 Å². The van der Waals surface area contributed by atoms with E-state index in [0.29, 0.717) is 22.9 Å². The summed E-state index contributed by atoms with van der Waals surface area (Å²) in [6.45, 7) is 1.97. The second-order valence-corrected chi connectivity index (χ2v) is 4.12. The minimum atomic E-state index is -0.0514. The van der Waals surface area contributed by atoms with Gasteiger partial charge in [-0.1, -0.05) is 11.2 Å². The Labute approximate surface area is 116 Å². The van der Waals surface area contributed by atoms with Gasteiger partial charge in [0.15, 0.2) is 17.3 Å². The molecule has 0 unspecified atom stereocenters. The van der Waals surface area contributed by atoms with Gasteiger partial charge in [-0.05, 0) is 36.8 Å². The van der Waals surface area contributed by atoms with Crippen LogP contribution in [0.2, 0.25) is 0 Å². The SMILES string of the molecule is COc1cc(C)ccc1Oc1ccc(/C(N)=N/O)nc1. The number of nitrogens with zero attached hydrogens (tertiary/aromatic N) is 2. The summed E-state index contributed by atoms with van der Waals surface area (Å²) in [5, 5.41) is 11.4. The average molecular weight is 273 g/mol. The molecule has 2 aromatic rings. The molecule has 1 aromatic heterocycles. The van der Waals surface area contributed by atoms with Gasteiger partial charge >= 0.3 is 0 Å². The normalized spacial score (nSPS) is 11.2. The van der Waals surface area contributed by atoms with Crippen LogP contribution in [0.4, 0.5) is 0 Å². The van der Waals surface area contributed by atoms with E-state index in [1.807, 2.05) is 25.1 Å². The summed E-state index contributed by atoms with van der Waals surface area (Å²) in [4.78, 5) is 4.04. The molecule has 6 nitrogen and oxygen atoms in total. The molecule has 0 fully saturated rings. The maximum absolute atomic E-state index is 8.56. The summed E-state index contributed by atoms with van der Waals surface area (Å²) in [7, 11) is 1.58. The Morgan fingerprint density at radius 2 is 2.05 bits per heavy atom. The van der Waals surface area contributed by atoms with Gasteiger partial charge in [0.2, 0.25) is 0 Å². The monoisotopic (exact) mass is 273 g/mol. The van der Waals surface area contributed by atoms with Crippen molar-refractivity contribution >= 4 is 5.84 Å². The molecule has 2 rings (SSSR count). The lowest BCUT2D eigenvalue weighted by molar-refractivity contribution is 0.318. The number of oxime groups is 1. The van der Waals surface area contributed by atoms with E-state index in [0.717, 1.165) is 5.56 Å². The fourth-order valence-corrected chi connectivity index (χ4v) is 1.63. The van der Waals surface area contributed by atoms with Crippen LogP contribution >= 0.6 is 0 Å². The van der Waals surface area contributed by atoms with Crippen LogP contribution in [0, 0.1) is 6.92 Å². The number of hydrogen-bond donors (Lipinski definition) is 2. The largest absolute Gasteiger partial charge is 0.493 e. The number of ether oxygens (including phenoxy) is 2. The predicted octanol–water partition coefficient (Wildman–Crippen LogP) is 2.29. The average Bonchev–Trinajstić information content (AvgIpc) is 2.49. The molecule has 20 heavy (non-hydrogen) atoms. The van der Waals surface area contributed by atoms with Crippen molar-refractivity contribution in [3.63, 3.8) is 0 Å². The van der Waals surface area contributed by atoms with Crippen molar-refractivity contribution in [2.24, 2.45) is 10.9 Å². The lowest BCUT2D eigenvalue weighted by Crippen LogP contribution is -2.14. The molecule has 0 spiro atoms. The Bertz CT molecular complexity index is 624. The summed E-state index contributed by atoms with van der Waals surface area (Å²) in [5.74, 6) is 1.72. The molecule has 104 valence electrons. The molecule has 0 bridgehead atoms. The highest BCUT2D eigenvalue weighted by molar-refractivity contribution is 5.95. The Morgan fingerprint density at radius 3 is 2.65 bits per heavy atom. The lowest BCUT2D eigenvalue weighted by atomic mass is 10.2. The summed E-state index contributed by atoms with van der Waals surface area (Å²) >= 11 is 0. The van der Waals surface area contributed by atoms with Gasteiger partial charge in [-0.2, -0.15) is 0 Å². The third-order valence-electron chi connectivity index (χ3n) is 2.65. The quantitative estimate of drug-likeness (QED) is 0.386. The summed E-state index contributed by atoms with van der Waals surface area (Å²) in [6.07, 6.45) is 1.49. The highest BCUT2D eigenvalue weighted by Gasteiger charge is 2.07. The van der Waals surface area contributed by atoms with Gasteiger partial charge < -0.3 is 20.4 Å². The zero-order valence-corrected chi connectivity index (χ0v) is 11.2. The van der Waals surface area contributed by atoms with Crippen LogP contribution in [0.3, 0.4) is 0 Å². The number of hydrogen-bond acceptors (Lipinski definition) is 5. The molecule has 3 N–H and O–H groups in total. The molecule has 6 heteroatoms. The Hall–Kier alpha value is -2.76. The van der Waals surface area contributed by atoms with E-state index >= 15 is 0 Å². The third-order valence-corrected chi connectivity index (χ3v) is 2.65. The molecule has 0 atom stereocenters. The van der Waals surface area contributed by atoms with E-state index in [1.165, 1.54) is 6.20 Å². The van der Waals surface area contributed by atoms with Crippen molar-refractivity contribution in [1.82, 2.24) is 4.98 Å². The number of benzene rings is 1. The van der Waals surface area contributed by atoms with Crippen molar-refractivity contribution in [3.05, 3.63) is 47.8 Å². The first-order valence-corrected chi connectivity index (χ1v) is 5.90. The Morgan fingerprint density at radius 1 is 1.25 bits per heavy atom. The van der Waals surface area contributed by atoms with Crippen molar-refractivity contribution in [3.8, 4) is 17.2 Å². The third kappa shape index (κ3) is 2.97. The van der Waals surface area contributed by atoms with Crippen LogP contribution in [0.5, 0.6) is 17.2 Å². The van der Waals surface area contributed by atoms with Crippen LogP contribution in [0.15, 0.2) is 41.7 Å². The standard InChI is InChI=1S/C14H15N3O3/c1-9-3-6-12(13(7-9)19-2)20-10-4-5-11(16-8-10)14(15)17-18/h3-8,18H,1-2H3,(H2,15,17). The molecule has 0 aliphatic rings. The number of aromatic nitrogens is 1. The topological polar surface area (TPSA) is 90.0 Å². The Kier molecular flexibility index (Phi) is 4.05. The maximum atomic E-state index is 8.56. The molecule has 1 heterocycles. The molecule has 0 saturated heterocycles. The second-order valence-electron chi connectivity index (χ2n) is 4.12. The fourth-order valence-electron chi connectivity index (χ4n) is 1.63. The number of methoxy groups -OCH3 is 1. The van der Waals surface area contributed by atoms with Gasteiger partial charge in [0.25, 0.3) is 0 Å². The number of pyridine rings is 1. The predicted molar refractivity (Wildman–Crippen MR) is 74.6 cm³/mol. The van der Waals surface area contributed by atoms with E-state index in [2.05, 4.69) is 10.1 Å². The molecular weight excluding hydrogens is 258 g/mol. The maximum Gasteiger partial charge on any atom is 0.188 e.